The van der Waals surface area contributed by atoms with E-state index in [-0.39, 0.29) is 10.7 Å². The Morgan fingerprint density at radius 3 is 2.20 bits per heavy atom. The minimum absolute atomic E-state index is 0.115. The molecule has 2 N–H and O–H groups in total. The number of hydrogen-bond acceptors (Lipinski definition) is 4. The van der Waals surface area contributed by atoms with Gasteiger partial charge in [-0.05, 0) is 31.2 Å². The first kappa shape index (κ1) is 18.6. The van der Waals surface area contributed by atoms with Crippen molar-refractivity contribution in [1.82, 2.24) is 15.4 Å². The van der Waals surface area contributed by atoms with Crippen LogP contribution in [0.15, 0.2) is 54.7 Å². The van der Waals surface area contributed by atoms with Crippen LogP contribution in [0.2, 0.25) is 0 Å². The second-order valence-corrected chi connectivity index (χ2v) is 9.49. The van der Waals surface area contributed by atoms with Crippen molar-refractivity contribution in [2.75, 3.05) is 4.72 Å². The van der Waals surface area contributed by atoms with Crippen molar-refractivity contribution < 1.29 is 8.42 Å². The van der Waals surface area contributed by atoms with Gasteiger partial charge >= 0.3 is 0 Å². The Balaban J connectivity index is 2.02. The molecule has 0 saturated heterocycles. The molecule has 0 saturated carbocycles. The molecule has 0 radical (unpaired) electrons. The van der Waals surface area contributed by atoms with Gasteiger partial charge in [0.15, 0.2) is 5.82 Å². The fraction of sp³-hybridized carbons (Fsp3) is 0.0667. The lowest BCUT2D eigenvalue weighted by Crippen LogP contribution is -2.14. The predicted molar refractivity (Wildman–Crippen MR) is 107 cm³/mol. The van der Waals surface area contributed by atoms with Crippen molar-refractivity contribution in [3.8, 4) is 11.3 Å². The fourth-order valence-electron chi connectivity index (χ4n) is 2.15. The van der Waals surface area contributed by atoms with E-state index in [1.807, 2.05) is 19.1 Å². The Bertz CT molecular complexity index is 1010. The number of nitrogens with zero attached hydrogens (tertiary/aromatic N) is 2. The van der Waals surface area contributed by atoms with E-state index in [0.29, 0.717) is 11.3 Å². The molecule has 0 aliphatic carbocycles. The SMILES string of the molecule is Cc1ccc(S(=O)(=O)Nc2n[nH]nc2-c2c(Br)cc(Br)cc2Br)cc1. The first-order valence-corrected chi connectivity index (χ1v) is 10.8. The van der Waals surface area contributed by atoms with Gasteiger partial charge in [-0.2, -0.15) is 10.3 Å². The second-order valence-electron chi connectivity index (χ2n) is 5.18. The van der Waals surface area contributed by atoms with E-state index < -0.39 is 10.0 Å². The zero-order chi connectivity index (χ0) is 18.2. The summed E-state index contributed by atoms with van der Waals surface area (Å²) in [5.41, 5.74) is 2.03. The molecule has 3 rings (SSSR count). The Morgan fingerprint density at radius 1 is 1.00 bits per heavy atom. The number of hydrogen-bond donors (Lipinski definition) is 2. The van der Waals surface area contributed by atoms with Crippen LogP contribution in [0.3, 0.4) is 0 Å². The molecule has 130 valence electrons. The number of benzene rings is 2. The maximum atomic E-state index is 12.6. The van der Waals surface area contributed by atoms with E-state index in [1.165, 1.54) is 0 Å². The van der Waals surface area contributed by atoms with Gasteiger partial charge < -0.3 is 0 Å². The van der Waals surface area contributed by atoms with Gasteiger partial charge in [-0.3, -0.25) is 4.72 Å². The van der Waals surface area contributed by atoms with Gasteiger partial charge in [0, 0.05) is 19.0 Å². The molecule has 0 aliphatic rings. The maximum absolute atomic E-state index is 12.6. The molecule has 0 fully saturated rings. The van der Waals surface area contributed by atoms with E-state index in [1.54, 1.807) is 24.3 Å². The fourth-order valence-corrected chi connectivity index (χ4v) is 5.79. The molecule has 0 aliphatic heterocycles. The monoisotopic (exact) mass is 548 g/mol. The van der Waals surface area contributed by atoms with Crippen molar-refractivity contribution >= 4 is 63.6 Å². The highest BCUT2D eigenvalue weighted by Gasteiger charge is 2.22. The third-order valence-corrected chi connectivity index (χ3v) is 6.42. The molecule has 3 aromatic rings. The van der Waals surface area contributed by atoms with E-state index >= 15 is 0 Å². The topological polar surface area (TPSA) is 87.7 Å². The third-order valence-electron chi connectivity index (χ3n) is 3.35. The molecule has 2 aromatic carbocycles. The number of nitrogens with one attached hydrogen (secondary N) is 2. The van der Waals surface area contributed by atoms with Gasteiger partial charge in [-0.25, -0.2) is 8.42 Å². The van der Waals surface area contributed by atoms with Crippen LogP contribution in [0.1, 0.15) is 5.56 Å². The van der Waals surface area contributed by atoms with Gasteiger partial charge in [0.05, 0.1) is 4.90 Å². The van der Waals surface area contributed by atoms with Gasteiger partial charge in [0.25, 0.3) is 10.0 Å². The number of anilines is 1. The van der Waals surface area contributed by atoms with Gasteiger partial charge in [-0.15, -0.1) is 5.10 Å². The largest absolute Gasteiger partial charge is 0.263 e. The molecule has 0 unspecified atom stereocenters. The molecule has 6 nitrogen and oxygen atoms in total. The van der Waals surface area contributed by atoms with Crippen LogP contribution >= 0.6 is 47.8 Å². The molecule has 0 bridgehead atoms. The summed E-state index contributed by atoms with van der Waals surface area (Å²) < 4.78 is 30.0. The summed E-state index contributed by atoms with van der Waals surface area (Å²) in [7, 11) is -3.78. The van der Waals surface area contributed by atoms with Crippen LogP contribution < -0.4 is 4.72 Å². The quantitative estimate of drug-likeness (QED) is 0.485. The van der Waals surface area contributed by atoms with Crippen molar-refractivity contribution in [3.63, 3.8) is 0 Å². The van der Waals surface area contributed by atoms with Crippen LogP contribution in [-0.4, -0.2) is 23.8 Å². The molecular formula is C15H11Br3N4O2S. The molecule has 1 heterocycles. The van der Waals surface area contributed by atoms with Crippen molar-refractivity contribution in [1.29, 1.82) is 0 Å². The van der Waals surface area contributed by atoms with Crippen LogP contribution in [0.25, 0.3) is 11.3 Å². The Kier molecular flexibility index (Phi) is 5.33. The van der Waals surface area contributed by atoms with Crippen LogP contribution in [-0.2, 0) is 10.0 Å². The van der Waals surface area contributed by atoms with E-state index in [4.69, 9.17) is 0 Å². The lowest BCUT2D eigenvalue weighted by Gasteiger charge is -2.10. The Hall–Kier alpha value is -1.23. The highest BCUT2D eigenvalue weighted by molar-refractivity contribution is 9.11. The van der Waals surface area contributed by atoms with Crippen molar-refractivity contribution in [2.45, 2.75) is 11.8 Å². The smallest absolute Gasteiger partial charge is 0.260 e. The lowest BCUT2D eigenvalue weighted by molar-refractivity contribution is 0.601. The molecule has 25 heavy (non-hydrogen) atoms. The standard InChI is InChI=1S/C15H11Br3N4O2S/c1-8-2-4-10(5-3-8)25(23,24)21-15-14(19-22-20-15)13-11(17)6-9(16)7-12(13)18/h2-7H,1H3,(H2,19,20,21,22). The maximum Gasteiger partial charge on any atom is 0.263 e. The number of aryl methyl sites for hydroxylation is 1. The third kappa shape index (κ3) is 3.97. The molecule has 0 spiro atoms. The van der Waals surface area contributed by atoms with Crippen LogP contribution in [0.4, 0.5) is 5.82 Å². The molecule has 0 amide bonds. The summed E-state index contributed by atoms with van der Waals surface area (Å²) in [6, 6.07) is 10.2. The zero-order valence-electron chi connectivity index (χ0n) is 12.7. The summed E-state index contributed by atoms with van der Waals surface area (Å²) >= 11 is 10.3. The Labute approximate surface area is 169 Å². The van der Waals surface area contributed by atoms with Crippen LogP contribution in [0.5, 0.6) is 0 Å². The second kappa shape index (κ2) is 7.18. The van der Waals surface area contributed by atoms with Crippen molar-refractivity contribution in [2.24, 2.45) is 0 Å². The first-order valence-electron chi connectivity index (χ1n) is 6.93. The van der Waals surface area contributed by atoms with E-state index in [2.05, 4.69) is 67.9 Å². The summed E-state index contributed by atoms with van der Waals surface area (Å²) in [5.74, 6) is 0.115. The Morgan fingerprint density at radius 2 is 1.60 bits per heavy atom. The summed E-state index contributed by atoms with van der Waals surface area (Å²) in [6.07, 6.45) is 0. The number of aromatic amines is 1. The summed E-state index contributed by atoms with van der Waals surface area (Å²) in [6.45, 7) is 1.89. The van der Waals surface area contributed by atoms with Crippen molar-refractivity contribution in [3.05, 3.63) is 55.4 Å². The summed E-state index contributed by atoms with van der Waals surface area (Å²) in [4.78, 5) is 0.154. The molecular weight excluding hydrogens is 540 g/mol. The summed E-state index contributed by atoms with van der Waals surface area (Å²) in [5, 5.41) is 10.5. The molecule has 1 aromatic heterocycles. The number of sulfonamides is 1. The molecule has 10 heteroatoms. The highest BCUT2D eigenvalue weighted by Crippen LogP contribution is 2.39. The lowest BCUT2D eigenvalue weighted by atomic mass is 10.1. The number of halogens is 3. The minimum atomic E-state index is -3.78. The predicted octanol–water partition coefficient (Wildman–Crippen LogP) is 4.87. The van der Waals surface area contributed by atoms with Gasteiger partial charge in [0.1, 0.15) is 5.69 Å². The highest BCUT2D eigenvalue weighted by atomic mass is 79.9. The minimum Gasteiger partial charge on any atom is -0.260 e. The first-order chi connectivity index (χ1) is 11.8. The molecule has 0 atom stereocenters. The number of aromatic nitrogens is 3. The zero-order valence-corrected chi connectivity index (χ0v) is 18.3. The average molecular weight is 551 g/mol. The van der Waals surface area contributed by atoms with E-state index in [9.17, 15) is 8.42 Å². The average Bonchev–Trinajstić information content (AvgIpc) is 2.94. The van der Waals surface area contributed by atoms with Crippen LogP contribution in [0, 0.1) is 6.92 Å². The van der Waals surface area contributed by atoms with Gasteiger partial charge in [0.2, 0.25) is 0 Å². The number of H-pyrrole nitrogens is 1. The normalized spacial score (nSPS) is 11.5. The van der Waals surface area contributed by atoms with E-state index in [0.717, 1.165) is 19.0 Å². The van der Waals surface area contributed by atoms with Gasteiger partial charge in [-0.1, -0.05) is 65.5 Å². The number of rotatable bonds is 4.